The summed E-state index contributed by atoms with van der Waals surface area (Å²) in [6.07, 6.45) is 35.6. The Kier molecular flexibility index (Phi) is 22.3. The molecular weight excluding hydrogens is 1180 g/mol. The average Bonchev–Trinajstić information content (AvgIpc) is 1.09. The quantitative estimate of drug-likeness (QED) is 0.0321. The molecule has 0 heterocycles. The average molecular weight is 1320 g/mol. The van der Waals surface area contributed by atoms with Crippen LogP contribution >= 0.6 is 0 Å². The monoisotopic (exact) mass is 1320 g/mol. The van der Waals surface area contributed by atoms with E-state index >= 15 is 0 Å². The standard InChI is InChI=1S/C86H134N4O6/c1-57(2)63-39-45-85(75(93)89-53-31-25-19-17-23-29-51-87)49-47-81(13)65(71(63)85)35-37-69-79(11)55-61(73(95-59(5)91)77(7,8)67(79)41-43-83(69,81)15)33-27-21-22-28-34-62-56-80(12)68(78(9,10)74(62)96-60(6)92)42-44-84(16)70(80)38-36-66-72-64(58(3)4)40-46-86(72,50-48-82(66,84)14)76(94)90-54-32-26-20-18-24-30-52-88/h35-36,61-64,67-74H,1,3,17-20,23-26,29-34,37-56,87-88H2,2,4-16H3,(H,89,93)(H,90,94)/t61-,62-,63+,64?,67+,68+,69-,70-,71-,72-,73+,74+,79+,80+,81-,82-,83-,84-,85+,86+/m1/s1. The topological polar surface area (TPSA) is 163 Å². The molecule has 0 saturated heterocycles. The van der Waals surface area contributed by atoms with Gasteiger partial charge < -0.3 is 31.6 Å². The lowest BCUT2D eigenvalue weighted by atomic mass is 9.33. The first-order valence-corrected chi connectivity index (χ1v) is 39.3. The van der Waals surface area contributed by atoms with E-state index in [9.17, 15) is 19.2 Å². The molecule has 20 atom stereocenters. The molecule has 0 aromatic rings. The molecular formula is C86H134N4O6. The summed E-state index contributed by atoms with van der Waals surface area (Å²) in [6.45, 7) is 45.0. The highest BCUT2D eigenvalue weighted by Crippen LogP contribution is 2.79. The van der Waals surface area contributed by atoms with Crippen LogP contribution < -0.4 is 22.1 Å². The van der Waals surface area contributed by atoms with Crippen LogP contribution in [0.25, 0.3) is 0 Å². The molecule has 6 N–H and O–H groups in total. The van der Waals surface area contributed by atoms with Gasteiger partial charge in [-0.25, -0.2) is 0 Å². The van der Waals surface area contributed by atoms with Crippen molar-refractivity contribution >= 4 is 23.8 Å². The molecule has 10 aliphatic carbocycles. The molecule has 10 nitrogen and oxygen atoms in total. The summed E-state index contributed by atoms with van der Waals surface area (Å²) in [4.78, 5) is 56.1. The van der Waals surface area contributed by atoms with E-state index < -0.39 is 10.8 Å². The van der Waals surface area contributed by atoms with Crippen LogP contribution in [0.5, 0.6) is 0 Å². The molecule has 0 aromatic heterocycles. The van der Waals surface area contributed by atoms with E-state index in [0.29, 0.717) is 48.3 Å². The summed E-state index contributed by atoms with van der Waals surface area (Å²) in [6, 6.07) is 0. The van der Waals surface area contributed by atoms with E-state index in [4.69, 9.17) is 20.9 Å². The number of carbonyl (C=O) groups excluding carboxylic acids is 4. The van der Waals surface area contributed by atoms with Gasteiger partial charge >= 0.3 is 11.9 Å². The fourth-order valence-electron chi connectivity index (χ4n) is 26.5. The molecule has 2 amide bonds. The number of nitrogens with two attached hydrogens (primary N) is 2. The van der Waals surface area contributed by atoms with Crippen molar-refractivity contribution in [3.63, 3.8) is 0 Å². The molecule has 1 unspecified atom stereocenters. The largest absolute Gasteiger partial charge is 0.462 e. The Bertz CT molecular complexity index is 2910. The van der Waals surface area contributed by atoms with E-state index in [-0.39, 0.29) is 103 Å². The Morgan fingerprint density at radius 3 is 1.18 bits per heavy atom. The number of amides is 2. The van der Waals surface area contributed by atoms with E-state index in [2.05, 4.69) is 143 Å². The molecule has 534 valence electrons. The van der Waals surface area contributed by atoms with Gasteiger partial charge in [-0.2, -0.15) is 0 Å². The Hall–Kier alpha value is -4.12. The van der Waals surface area contributed by atoms with Gasteiger partial charge in [-0.1, -0.05) is 180 Å². The van der Waals surface area contributed by atoms with Crippen molar-refractivity contribution < 1.29 is 28.7 Å². The summed E-state index contributed by atoms with van der Waals surface area (Å²) < 4.78 is 13.0. The summed E-state index contributed by atoms with van der Waals surface area (Å²) in [5.74, 6) is 16.6. The van der Waals surface area contributed by atoms with Gasteiger partial charge in [0.25, 0.3) is 0 Å². The van der Waals surface area contributed by atoms with Gasteiger partial charge in [-0.3, -0.25) is 19.2 Å². The predicted molar refractivity (Wildman–Crippen MR) is 391 cm³/mol. The maximum Gasteiger partial charge on any atom is 0.302 e. The van der Waals surface area contributed by atoms with Crippen molar-refractivity contribution in [2.24, 2.45) is 125 Å². The smallest absolute Gasteiger partial charge is 0.302 e. The Morgan fingerprint density at radius 2 is 0.833 bits per heavy atom. The number of ether oxygens (including phenoxy) is 2. The van der Waals surface area contributed by atoms with E-state index in [0.717, 1.165) is 167 Å². The Labute approximate surface area is 584 Å². The third-order valence-electron chi connectivity index (χ3n) is 31.3. The zero-order valence-corrected chi connectivity index (χ0v) is 63.1. The first kappa shape index (κ1) is 74.6. The van der Waals surface area contributed by atoms with Crippen LogP contribution in [-0.2, 0) is 28.7 Å². The van der Waals surface area contributed by atoms with Crippen molar-refractivity contribution in [1.29, 1.82) is 0 Å². The maximum absolute atomic E-state index is 14.8. The minimum Gasteiger partial charge on any atom is -0.462 e. The van der Waals surface area contributed by atoms with E-state index in [1.54, 1.807) is 25.0 Å². The minimum absolute atomic E-state index is 0.0127. The van der Waals surface area contributed by atoms with Gasteiger partial charge in [0.05, 0.1) is 10.8 Å². The normalized spacial score (nSPS) is 41.1. The van der Waals surface area contributed by atoms with Crippen LogP contribution in [-0.4, -0.2) is 62.1 Å². The zero-order chi connectivity index (χ0) is 69.7. The number of fused-ring (bicyclic) bond motifs is 14. The van der Waals surface area contributed by atoms with Gasteiger partial charge in [-0.15, -0.1) is 0 Å². The molecule has 0 spiro atoms. The highest BCUT2D eigenvalue weighted by Gasteiger charge is 2.73. The van der Waals surface area contributed by atoms with Crippen LogP contribution in [0.3, 0.4) is 0 Å². The molecule has 0 aromatic carbocycles. The summed E-state index contributed by atoms with van der Waals surface area (Å²) in [7, 11) is 0. The fraction of sp³-hybridized carbons (Fsp3) is 0.814. The van der Waals surface area contributed by atoms with Crippen molar-refractivity contribution in [1.82, 2.24) is 10.6 Å². The van der Waals surface area contributed by atoms with Crippen LogP contribution in [0, 0.1) is 137 Å². The molecule has 0 bridgehead atoms. The highest BCUT2D eigenvalue weighted by molar-refractivity contribution is 5.85. The molecule has 0 radical (unpaired) electrons. The first-order valence-electron chi connectivity index (χ1n) is 39.3. The molecule has 8 saturated carbocycles. The first-order chi connectivity index (χ1) is 45.4. The third kappa shape index (κ3) is 12.7. The lowest BCUT2D eigenvalue weighted by Gasteiger charge is -2.71. The molecule has 8 fully saturated rings. The van der Waals surface area contributed by atoms with Crippen LogP contribution in [0.2, 0.25) is 0 Å². The van der Waals surface area contributed by atoms with E-state index in [1.165, 1.54) is 49.7 Å². The summed E-state index contributed by atoms with van der Waals surface area (Å²) in [5.41, 5.74) is 15.5. The number of carbonyl (C=O) groups is 4. The molecule has 10 rings (SSSR count). The predicted octanol–water partition coefficient (Wildman–Crippen LogP) is 18.1. The van der Waals surface area contributed by atoms with Crippen LogP contribution in [0.1, 0.15) is 290 Å². The zero-order valence-electron chi connectivity index (χ0n) is 63.1. The Morgan fingerprint density at radius 1 is 0.479 bits per heavy atom. The number of esters is 2. The second-order valence-corrected chi connectivity index (χ2v) is 36.8. The maximum atomic E-state index is 14.8. The number of allylic oxidation sites excluding steroid dienone is 6. The number of nitrogens with one attached hydrogen (secondary N) is 2. The van der Waals surface area contributed by atoms with Crippen molar-refractivity contribution in [3.8, 4) is 23.7 Å². The lowest BCUT2D eigenvalue weighted by Crippen LogP contribution is -2.66. The highest BCUT2D eigenvalue weighted by atomic mass is 16.5. The number of rotatable bonds is 24. The second kappa shape index (κ2) is 28.7. The summed E-state index contributed by atoms with van der Waals surface area (Å²) in [5, 5.41) is 7.05. The van der Waals surface area contributed by atoms with Gasteiger partial charge in [0.15, 0.2) is 0 Å². The van der Waals surface area contributed by atoms with Crippen molar-refractivity contribution in [3.05, 3.63) is 47.6 Å². The molecule has 0 aliphatic heterocycles. The van der Waals surface area contributed by atoms with Gasteiger partial charge in [0.2, 0.25) is 11.8 Å². The van der Waals surface area contributed by atoms with Crippen LogP contribution in [0.4, 0.5) is 0 Å². The molecule has 96 heavy (non-hydrogen) atoms. The van der Waals surface area contributed by atoms with E-state index in [1.807, 2.05) is 0 Å². The fourth-order valence-corrected chi connectivity index (χ4v) is 26.5. The Balaban J connectivity index is 0.873. The van der Waals surface area contributed by atoms with Gasteiger partial charge in [0, 0.05) is 74.3 Å². The van der Waals surface area contributed by atoms with Crippen molar-refractivity contribution in [2.45, 2.75) is 302 Å². The number of unbranched alkanes of at least 4 members (excludes halogenated alkanes) is 10. The third-order valence-corrected chi connectivity index (χ3v) is 31.3. The molecule has 10 aliphatic rings. The summed E-state index contributed by atoms with van der Waals surface area (Å²) >= 11 is 0. The number of hydrogen-bond acceptors (Lipinski definition) is 8. The lowest BCUT2D eigenvalue weighted by molar-refractivity contribution is -0.225. The SMILES string of the molecule is C=C(C)C1CC[C@]2(C(=O)NCCCCCCCCN)CC[C@]3(C)C(=CC[C@@H]4[C@@]5(C)C[C@@H](CC#CC#CC[C@@H]6C[C@]7(C)[C@H]8CC=C9[C@H]%10[C@H](C(=C)C)CC[C@]%10(C(=O)NCCCCCCCCN)CC[C@@]9(C)[C@]8(C)CC[C@H]7C(C)(C)[C@H]6OC(C)=O)[C@H](OC(C)=O)C(C)(C)[C@@H]5CC[C@]43C)[C@@H]12. The second-order valence-electron chi connectivity index (χ2n) is 36.8. The van der Waals surface area contributed by atoms with Gasteiger partial charge in [0.1, 0.15) is 12.2 Å². The molecule has 10 heteroatoms. The number of hydrogen-bond donors (Lipinski definition) is 4. The van der Waals surface area contributed by atoms with Gasteiger partial charge in [-0.05, 0) is 235 Å². The minimum atomic E-state index is -0.398. The van der Waals surface area contributed by atoms with Crippen molar-refractivity contribution in [2.75, 3.05) is 26.2 Å². The van der Waals surface area contributed by atoms with Crippen LogP contribution in [0.15, 0.2) is 47.6 Å².